The predicted octanol–water partition coefficient (Wildman–Crippen LogP) is 2.72. The first-order valence-corrected chi connectivity index (χ1v) is 8.30. The number of nitrogens with one attached hydrogen (secondary N) is 1. The van der Waals surface area contributed by atoms with Crippen molar-refractivity contribution in [2.75, 3.05) is 19.5 Å². The molecule has 0 saturated carbocycles. The number of benzene rings is 2. The fourth-order valence-corrected chi connectivity index (χ4v) is 2.42. The van der Waals surface area contributed by atoms with E-state index in [1.54, 1.807) is 24.3 Å². The van der Waals surface area contributed by atoms with Crippen LogP contribution in [0.4, 0.5) is 11.4 Å². The van der Waals surface area contributed by atoms with Gasteiger partial charge in [-0.25, -0.2) is 0 Å². The third-order valence-electron chi connectivity index (χ3n) is 3.83. The van der Waals surface area contributed by atoms with Gasteiger partial charge in [0.15, 0.2) is 17.6 Å². The zero-order valence-corrected chi connectivity index (χ0v) is 15.6. The molecule has 0 aliphatic rings. The van der Waals surface area contributed by atoms with E-state index in [1.165, 1.54) is 39.3 Å². The molecule has 1 N–H and O–H groups in total. The van der Waals surface area contributed by atoms with Crippen molar-refractivity contribution in [3.8, 4) is 11.5 Å². The Kier molecular flexibility index (Phi) is 6.91. The van der Waals surface area contributed by atoms with Gasteiger partial charge in [0, 0.05) is 6.07 Å². The molecule has 9 nitrogen and oxygen atoms in total. The van der Waals surface area contributed by atoms with Gasteiger partial charge >= 0.3 is 5.97 Å². The number of methoxy groups -OCH3 is 2. The highest BCUT2D eigenvalue weighted by atomic mass is 16.6. The number of nitro groups is 1. The topological polar surface area (TPSA) is 117 Å². The summed E-state index contributed by atoms with van der Waals surface area (Å²) in [6.45, 7) is 1.39. The first-order chi connectivity index (χ1) is 13.3. The van der Waals surface area contributed by atoms with Crippen LogP contribution in [0.5, 0.6) is 11.5 Å². The second-order valence-corrected chi connectivity index (χ2v) is 5.76. The Morgan fingerprint density at radius 2 is 1.79 bits per heavy atom. The van der Waals surface area contributed by atoms with Crippen molar-refractivity contribution in [2.45, 2.75) is 19.4 Å². The molecule has 0 saturated heterocycles. The molecular formula is C19H20N2O7. The van der Waals surface area contributed by atoms with Crippen LogP contribution in [0.1, 0.15) is 12.5 Å². The number of carbonyl (C=O) groups excluding carboxylic acids is 2. The number of hydrogen-bond donors (Lipinski definition) is 1. The summed E-state index contributed by atoms with van der Waals surface area (Å²) >= 11 is 0. The number of esters is 1. The zero-order chi connectivity index (χ0) is 20.7. The molecule has 0 aliphatic carbocycles. The molecule has 0 radical (unpaired) electrons. The molecule has 0 bridgehead atoms. The number of hydrogen-bond acceptors (Lipinski definition) is 7. The number of amides is 1. The fourth-order valence-electron chi connectivity index (χ4n) is 2.42. The summed E-state index contributed by atoms with van der Waals surface area (Å²) in [4.78, 5) is 34.7. The number of nitrogens with zero attached hydrogens (tertiary/aromatic N) is 1. The largest absolute Gasteiger partial charge is 0.493 e. The van der Waals surface area contributed by atoms with E-state index >= 15 is 0 Å². The molecule has 28 heavy (non-hydrogen) atoms. The minimum Gasteiger partial charge on any atom is -0.493 e. The van der Waals surface area contributed by atoms with Gasteiger partial charge in [-0.15, -0.1) is 0 Å². The highest BCUT2D eigenvalue weighted by Crippen LogP contribution is 2.28. The number of anilines is 1. The van der Waals surface area contributed by atoms with Gasteiger partial charge in [0.2, 0.25) is 0 Å². The highest BCUT2D eigenvalue weighted by Gasteiger charge is 2.22. The predicted molar refractivity (Wildman–Crippen MR) is 101 cm³/mol. The average molecular weight is 388 g/mol. The van der Waals surface area contributed by atoms with Crippen LogP contribution in [0.15, 0.2) is 42.5 Å². The Balaban J connectivity index is 1.99. The molecule has 0 spiro atoms. The molecule has 0 fully saturated rings. The van der Waals surface area contributed by atoms with Gasteiger partial charge in [-0.1, -0.05) is 18.2 Å². The van der Waals surface area contributed by atoms with E-state index in [0.717, 1.165) is 0 Å². The standard InChI is InChI=1S/C19H20N2O7/c1-12(19(23)20-14-6-4-5-7-15(14)21(24)25)28-18(22)11-13-8-9-16(26-2)17(10-13)27-3/h4-10,12H,11H2,1-3H3,(H,20,23)/t12-/m0/s1. The van der Waals surface area contributed by atoms with Crippen molar-refractivity contribution < 1.29 is 28.7 Å². The monoisotopic (exact) mass is 388 g/mol. The molecule has 2 aromatic carbocycles. The van der Waals surface area contributed by atoms with Crippen LogP contribution in [0.2, 0.25) is 0 Å². The third kappa shape index (κ3) is 5.19. The van der Waals surface area contributed by atoms with Gasteiger partial charge < -0.3 is 19.5 Å². The lowest BCUT2D eigenvalue weighted by atomic mass is 10.1. The van der Waals surface area contributed by atoms with E-state index < -0.39 is 22.9 Å². The Bertz CT molecular complexity index is 882. The summed E-state index contributed by atoms with van der Waals surface area (Å²) in [6.07, 6.45) is -1.21. The lowest BCUT2D eigenvalue weighted by Crippen LogP contribution is -2.30. The lowest BCUT2D eigenvalue weighted by molar-refractivity contribution is -0.383. The van der Waals surface area contributed by atoms with Crippen molar-refractivity contribution in [1.29, 1.82) is 0 Å². The maximum absolute atomic E-state index is 12.2. The zero-order valence-electron chi connectivity index (χ0n) is 15.6. The van der Waals surface area contributed by atoms with Gasteiger partial charge in [-0.05, 0) is 30.7 Å². The molecule has 0 unspecified atom stereocenters. The summed E-state index contributed by atoms with van der Waals surface area (Å²) in [6, 6.07) is 10.7. The molecular weight excluding hydrogens is 368 g/mol. The Morgan fingerprint density at radius 1 is 1.11 bits per heavy atom. The van der Waals surface area contributed by atoms with Crippen molar-refractivity contribution >= 4 is 23.3 Å². The molecule has 1 amide bonds. The first kappa shape index (κ1) is 20.7. The number of ether oxygens (including phenoxy) is 3. The minimum atomic E-state index is -1.13. The SMILES string of the molecule is COc1ccc(CC(=O)O[C@@H](C)C(=O)Nc2ccccc2[N+](=O)[O-])cc1OC. The van der Waals surface area contributed by atoms with Crippen LogP contribution in [-0.4, -0.2) is 37.1 Å². The van der Waals surface area contributed by atoms with Crippen molar-refractivity contribution in [1.82, 2.24) is 0 Å². The number of para-hydroxylation sites is 2. The Morgan fingerprint density at radius 3 is 2.43 bits per heavy atom. The molecule has 1 atom stereocenters. The summed E-state index contributed by atoms with van der Waals surface area (Å²) in [5, 5.41) is 13.4. The maximum atomic E-state index is 12.2. The van der Waals surface area contributed by atoms with E-state index in [1.807, 2.05) is 0 Å². The second kappa shape index (κ2) is 9.36. The van der Waals surface area contributed by atoms with Crippen LogP contribution in [0.3, 0.4) is 0 Å². The van der Waals surface area contributed by atoms with E-state index in [9.17, 15) is 19.7 Å². The second-order valence-electron chi connectivity index (χ2n) is 5.76. The summed E-state index contributed by atoms with van der Waals surface area (Å²) < 4.78 is 15.4. The summed E-state index contributed by atoms with van der Waals surface area (Å²) in [5.41, 5.74) is 0.397. The van der Waals surface area contributed by atoms with Crippen LogP contribution >= 0.6 is 0 Å². The van der Waals surface area contributed by atoms with E-state index in [2.05, 4.69) is 5.32 Å². The highest BCUT2D eigenvalue weighted by molar-refractivity contribution is 5.96. The van der Waals surface area contributed by atoms with Gasteiger partial charge in [0.25, 0.3) is 11.6 Å². The molecule has 9 heteroatoms. The smallest absolute Gasteiger partial charge is 0.311 e. The summed E-state index contributed by atoms with van der Waals surface area (Å²) in [5.74, 6) is -0.306. The normalized spacial score (nSPS) is 11.2. The van der Waals surface area contributed by atoms with E-state index in [4.69, 9.17) is 14.2 Å². The van der Waals surface area contributed by atoms with Crippen molar-refractivity contribution in [3.05, 3.63) is 58.1 Å². The number of nitro benzene ring substituents is 1. The first-order valence-electron chi connectivity index (χ1n) is 8.30. The fraction of sp³-hybridized carbons (Fsp3) is 0.263. The molecule has 148 valence electrons. The quantitative estimate of drug-likeness (QED) is 0.420. The van der Waals surface area contributed by atoms with E-state index in [-0.39, 0.29) is 17.8 Å². The summed E-state index contributed by atoms with van der Waals surface area (Å²) in [7, 11) is 2.98. The Labute approximate surface area is 161 Å². The maximum Gasteiger partial charge on any atom is 0.311 e. The average Bonchev–Trinajstić information content (AvgIpc) is 2.67. The number of carbonyl (C=O) groups is 2. The molecule has 2 rings (SSSR count). The van der Waals surface area contributed by atoms with Gasteiger partial charge in [-0.3, -0.25) is 19.7 Å². The lowest BCUT2D eigenvalue weighted by Gasteiger charge is -2.14. The Hall–Kier alpha value is -3.62. The third-order valence-corrected chi connectivity index (χ3v) is 3.83. The molecule has 0 aromatic heterocycles. The van der Waals surface area contributed by atoms with Gasteiger partial charge in [-0.2, -0.15) is 0 Å². The van der Waals surface area contributed by atoms with Gasteiger partial charge in [0.1, 0.15) is 5.69 Å². The minimum absolute atomic E-state index is 0.0280. The van der Waals surface area contributed by atoms with Crippen LogP contribution in [0.25, 0.3) is 0 Å². The van der Waals surface area contributed by atoms with Crippen LogP contribution in [-0.2, 0) is 20.7 Å². The van der Waals surface area contributed by atoms with Crippen molar-refractivity contribution in [3.63, 3.8) is 0 Å². The molecule has 0 aliphatic heterocycles. The molecule has 2 aromatic rings. The van der Waals surface area contributed by atoms with E-state index in [0.29, 0.717) is 17.1 Å². The van der Waals surface area contributed by atoms with Crippen molar-refractivity contribution in [2.24, 2.45) is 0 Å². The van der Waals surface area contributed by atoms with Crippen LogP contribution in [0, 0.1) is 10.1 Å². The van der Waals surface area contributed by atoms with Gasteiger partial charge in [0.05, 0.1) is 25.6 Å². The van der Waals surface area contributed by atoms with Crippen LogP contribution < -0.4 is 14.8 Å². The number of rotatable bonds is 8. The molecule has 0 heterocycles.